The molecule has 0 aliphatic rings. The Labute approximate surface area is 187 Å². The Balaban J connectivity index is 1.14. The Kier molecular flexibility index (Phi) is 7.18. The smallest absolute Gasteiger partial charge is 0.234 e. The fourth-order valence-electron chi connectivity index (χ4n) is 2.65. The molecule has 0 saturated carbocycles. The molecule has 32 heavy (non-hydrogen) atoms. The second kappa shape index (κ2) is 10.6. The summed E-state index contributed by atoms with van der Waals surface area (Å²) in [5, 5.41) is 48.3. The zero-order valence-electron chi connectivity index (χ0n) is 16.6. The van der Waals surface area contributed by atoms with Crippen LogP contribution >= 0.6 is 22.7 Å². The number of ketones is 1. The number of aromatic nitrogens is 12. The standard InChI is InChI=1S/C15H17N13O2S2/c29-8(5-9-17-25-26-18-9)6-14-23-21-12(31-14)3-1-2-4-13-22-24-15(32-13)16-11(30)7-10-19-27-28-20-10/h1-7H2,(H,16,24,30)(H,17,18,25,26)(H,19,20,27,28). The first kappa shape index (κ1) is 21.6. The molecular weight excluding hydrogens is 458 g/mol. The van der Waals surface area contributed by atoms with Crippen LogP contribution in [0.2, 0.25) is 0 Å². The number of aryl methyl sites for hydroxylation is 2. The van der Waals surface area contributed by atoms with E-state index in [1.54, 1.807) is 0 Å². The lowest BCUT2D eigenvalue weighted by Gasteiger charge is -1.97. The Morgan fingerprint density at radius 2 is 1.34 bits per heavy atom. The van der Waals surface area contributed by atoms with Gasteiger partial charge in [-0.3, -0.25) is 9.59 Å². The third kappa shape index (κ3) is 6.45. The molecule has 0 aromatic carbocycles. The topological polar surface area (TPSA) is 207 Å². The van der Waals surface area contributed by atoms with Crippen molar-refractivity contribution in [3.05, 3.63) is 26.7 Å². The number of anilines is 1. The van der Waals surface area contributed by atoms with Gasteiger partial charge in [-0.2, -0.15) is 10.4 Å². The van der Waals surface area contributed by atoms with Crippen LogP contribution in [-0.4, -0.2) is 73.3 Å². The van der Waals surface area contributed by atoms with E-state index in [1.807, 2.05) is 0 Å². The molecule has 0 bridgehead atoms. The SMILES string of the molecule is O=C(Cc1nn[nH]n1)Cc1nnc(CCCCc2nnc(NC(=O)Cc3nn[nH]n3)s2)s1. The van der Waals surface area contributed by atoms with Gasteiger partial charge in [0.25, 0.3) is 0 Å². The number of hydrogen-bond acceptors (Lipinski definition) is 14. The number of carbonyl (C=O) groups is 2. The second-order valence-corrected chi connectivity index (χ2v) is 8.78. The predicted octanol–water partition coefficient (Wildman–Crippen LogP) is -0.483. The summed E-state index contributed by atoms with van der Waals surface area (Å²) in [4.78, 5) is 23.9. The molecule has 1 amide bonds. The number of unbranched alkanes of at least 4 members (excludes halogenated alkanes) is 1. The van der Waals surface area contributed by atoms with Crippen molar-refractivity contribution >= 4 is 39.5 Å². The van der Waals surface area contributed by atoms with E-state index in [4.69, 9.17) is 0 Å². The molecule has 0 atom stereocenters. The lowest BCUT2D eigenvalue weighted by atomic mass is 10.2. The quantitative estimate of drug-likeness (QED) is 0.222. The minimum absolute atomic E-state index is 0.0119. The number of H-pyrrole nitrogens is 2. The van der Waals surface area contributed by atoms with E-state index in [0.717, 1.165) is 35.7 Å². The van der Waals surface area contributed by atoms with Crippen molar-refractivity contribution in [3.8, 4) is 0 Å². The lowest BCUT2D eigenvalue weighted by molar-refractivity contribution is -0.118. The molecule has 4 aromatic heterocycles. The maximum Gasteiger partial charge on any atom is 0.234 e. The third-order valence-corrected chi connectivity index (χ3v) is 5.94. The van der Waals surface area contributed by atoms with Gasteiger partial charge in [0.15, 0.2) is 11.6 Å². The summed E-state index contributed by atoms with van der Waals surface area (Å²) in [5.41, 5.74) is 0. The number of Topliss-reactive ketones (excluding diaryl/α,β-unsaturated/α-hetero) is 1. The molecule has 4 heterocycles. The van der Waals surface area contributed by atoms with Gasteiger partial charge in [-0.1, -0.05) is 21.8 Å². The van der Waals surface area contributed by atoms with Crippen LogP contribution in [0.4, 0.5) is 5.13 Å². The van der Waals surface area contributed by atoms with Crippen LogP contribution in [0, 0.1) is 0 Å². The highest BCUT2D eigenvalue weighted by Crippen LogP contribution is 2.19. The molecule has 4 aromatic rings. The largest absolute Gasteiger partial charge is 0.300 e. The van der Waals surface area contributed by atoms with Crippen molar-refractivity contribution in [2.24, 2.45) is 0 Å². The van der Waals surface area contributed by atoms with E-state index in [1.165, 1.54) is 22.7 Å². The van der Waals surface area contributed by atoms with Crippen molar-refractivity contribution in [2.75, 3.05) is 5.32 Å². The van der Waals surface area contributed by atoms with E-state index >= 15 is 0 Å². The minimum atomic E-state index is -0.281. The van der Waals surface area contributed by atoms with Crippen LogP contribution in [0.25, 0.3) is 0 Å². The fourth-order valence-corrected chi connectivity index (χ4v) is 4.36. The molecule has 0 aliphatic carbocycles. The molecule has 0 spiro atoms. The number of carbonyl (C=O) groups excluding carboxylic acids is 2. The molecule has 0 aliphatic heterocycles. The summed E-state index contributed by atoms with van der Waals surface area (Å²) in [6.45, 7) is 0. The first-order valence-electron chi connectivity index (χ1n) is 9.54. The van der Waals surface area contributed by atoms with Crippen LogP contribution in [0.3, 0.4) is 0 Å². The van der Waals surface area contributed by atoms with Crippen LogP contribution in [0.5, 0.6) is 0 Å². The summed E-state index contributed by atoms with van der Waals surface area (Å²) < 4.78 is 0. The van der Waals surface area contributed by atoms with Crippen LogP contribution < -0.4 is 5.32 Å². The van der Waals surface area contributed by atoms with Gasteiger partial charge in [-0.25, -0.2) is 0 Å². The van der Waals surface area contributed by atoms with Crippen molar-refractivity contribution in [2.45, 2.75) is 44.9 Å². The molecule has 3 N–H and O–H groups in total. The van der Waals surface area contributed by atoms with Crippen LogP contribution in [0.15, 0.2) is 0 Å². The molecule has 17 heteroatoms. The number of amides is 1. The van der Waals surface area contributed by atoms with E-state index in [9.17, 15) is 9.59 Å². The van der Waals surface area contributed by atoms with Gasteiger partial charge in [0, 0.05) is 12.8 Å². The van der Waals surface area contributed by atoms with Gasteiger partial charge >= 0.3 is 0 Å². The number of rotatable bonds is 12. The first-order valence-corrected chi connectivity index (χ1v) is 11.2. The highest BCUT2D eigenvalue weighted by atomic mass is 32.1. The molecule has 0 saturated heterocycles. The van der Waals surface area contributed by atoms with E-state index < -0.39 is 0 Å². The van der Waals surface area contributed by atoms with Gasteiger partial charge < -0.3 is 5.32 Å². The number of nitrogens with zero attached hydrogens (tertiary/aromatic N) is 10. The highest BCUT2D eigenvalue weighted by Gasteiger charge is 2.13. The molecule has 15 nitrogen and oxygen atoms in total. The van der Waals surface area contributed by atoms with E-state index in [-0.39, 0.29) is 31.0 Å². The fraction of sp³-hybridized carbons (Fsp3) is 0.467. The van der Waals surface area contributed by atoms with Gasteiger partial charge in [-0.05, 0) is 12.8 Å². The normalized spacial score (nSPS) is 11.0. The molecule has 0 fully saturated rings. The summed E-state index contributed by atoms with van der Waals surface area (Å²) in [6.07, 6.45) is 3.63. The summed E-state index contributed by atoms with van der Waals surface area (Å²) in [6, 6.07) is 0. The Morgan fingerprint density at radius 1 is 0.719 bits per heavy atom. The Morgan fingerprint density at radius 3 is 2.03 bits per heavy atom. The van der Waals surface area contributed by atoms with Crippen LogP contribution in [0.1, 0.15) is 39.5 Å². The second-order valence-electron chi connectivity index (χ2n) is 6.57. The molecule has 0 radical (unpaired) electrons. The zero-order valence-corrected chi connectivity index (χ0v) is 18.2. The van der Waals surface area contributed by atoms with E-state index in [2.05, 4.69) is 67.0 Å². The minimum Gasteiger partial charge on any atom is -0.300 e. The van der Waals surface area contributed by atoms with Crippen molar-refractivity contribution in [3.63, 3.8) is 0 Å². The van der Waals surface area contributed by atoms with Gasteiger partial charge in [-0.15, -0.1) is 52.1 Å². The maximum atomic E-state index is 12.0. The third-order valence-electron chi connectivity index (χ3n) is 4.05. The van der Waals surface area contributed by atoms with Crippen molar-refractivity contribution < 1.29 is 9.59 Å². The van der Waals surface area contributed by atoms with Crippen molar-refractivity contribution in [1.82, 2.24) is 61.6 Å². The molecule has 4 rings (SSSR count). The number of nitrogens with one attached hydrogen (secondary N) is 3. The Hall–Kier alpha value is -3.60. The maximum absolute atomic E-state index is 12.0. The van der Waals surface area contributed by atoms with E-state index in [0.29, 0.717) is 21.8 Å². The first-order chi connectivity index (χ1) is 15.6. The molecular formula is C15H17N13O2S2. The summed E-state index contributed by atoms with van der Waals surface area (Å²) >= 11 is 2.77. The summed E-state index contributed by atoms with van der Waals surface area (Å²) in [5.74, 6) is 0.358. The molecule has 0 unspecified atom stereocenters. The summed E-state index contributed by atoms with van der Waals surface area (Å²) in [7, 11) is 0. The Bertz CT molecular complexity index is 1050. The lowest BCUT2D eigenvalue weighted by Crippen LogP contribution is -2.15. The van der Waals surface area contributed by atoms with Gasteiger partial charge in [0.1, 0.15) is 20.8 Å². The predicted molar refractivity (Wildman–Crippen MR) is 110 cm³/mol. The van der Waals surface area contributed by atoms with Gasteiger partial charge in [0.05, 0.1) is 19.3 Å². The number of hydrogen-bond donors (Lipinski definition) is 3. The van der Waals surface area contributed by atoms with Crippen LogP contribution in [-0.2, 0) is 41.7 Å². The molecule has 166 valence electrons. The average Bonchev–Trinajstić information content (AvgIpc) is 3.55. The van der Waals surface area contributed by atoms with Gasteiger partial charge in [0.2, 0.25) is 11.0 Å². The average molecular weight is 476 g/mol. The number of tetrazole rings is 2. The van der Waals surface area contributed by atoms with Crippen molar-refractivity contribution in [1.29, 1.82) is 0 Å². The monoisotopic (exact) mass is 475 g/mol. The highest BCUT2D eigenvalue weighted by molar-refractivity contribution is 7.15. The number of aromatic amines is 2. The zero-order chi connectivity index (χ0) is 22.2.